The maximum absolute atomic E-state index is 12.5. The average Bonchev–Trinajstić information content (AvgIpc) is 2.83. The molecule has 0 bridgehead atoms. The summed E-state index contributed by atoms with van der Waals surface area (Å²) in [5, 5.41) is 0. The zero-order valence-electron chi connectivity index (χ0n) is 14.9. The number of unbranched alkanes of at least 4 members (excludes halogenated alkanes) is 1. The molecule has 23 heavy (non-hydrogen) atoms. The number of hydrogen-bond acceptors (Lipinski definition) is 5. The van der Waals surface area contributed by atoms with E-state index in [1.165, 1.54) is 0 Å². The van der Waals surface area contributed by atoms with Crippen LogP contribution in [0.4, 0.5) is 0 Å². The summed E-state index contributed by atoms with van der Waals surface area (Å²) in [7, 11) is 0. The van der Waals surface area contributed by atoms with Crippen molar-refractivity contribution >= 4 is 40.2 Å². The summed E-state index contributed by atoms with van der Waals surface area (Å²) in [4.78, 5) is 26.6. The molecule has 0 N–H and O–H groups in total. The van der Waals surface area contributed by atoms with Crippen LogP contribution in [0.5, 0.6) is 0 Å². The molecule has 1 rings (SSSR count). The van der Waals surface area contributed by atoms with Gasteiger partial charge in [0.1, 0.15) is 9.92 Å². The zero-order valence-corrected chi connectivity index (χ0v) is 16.5. The van der Waals surface area contributed by atoms with Crippen LogP contribution in [0.25, 0.3) is 0 Å². The number of nitrogens with zero attached hydrogens (tertiary/aromatic N) is 1. The van der Waals surface area contributed by atoms with Gasteiger partial charge in [-0.25, -0.2) is 0 Å². The Bertz CT molecular complexity index is 446. The van der Waals surface area contributed by atoms with Crippen LogP contribution < -0.4 is 0 Å². The van der Waals surface area contributed by atoms with Gasteiger partial charge in [0.25, 0.3) is 0 Å². The lowest BCUT2D eigenvalue weighted by atomic mass is 9.86. The van der Waals surface area contributed by atoms with Crippen molar-refractivity contribution in [2.24, 2.45) is 11.8 Å². The molecule has 2 atom stereocenters. The van der Waals surface area contributed by atoms with E-state index in [4.69, 9.17) is 17.0 Å². The molecule has 0 aromatic heterocycles. The molecule has 1 unspecified atom stereocenters. The van der Waals surface area contributed by atoms with E-state index >= 15 is 0 Å². The van der Waals surface area contributed by atoms with Gasteiger partial charge in [-0.05, 0) is 33.1 Å². The van der Waals surface area contributed by atoms with Crippen molar-refractivity contribution in [1.82, 2.24) is 4.90 Å². The molecule has 1 aliphatic rings. The second kappa shape index (κ2) is 9.02. The number of thiocarbonyl (C=S) groups is 1. The Hall–Kier alpha value is -0.620. The quantitative estimate of drug-likeness (QED) is 0.507. The minimum Gasteiger partial charge on any atom is -0.460 e. The lowest BCUT2D eigenvalue weighted by molar-refractivity contribution is -0.162. The monoisotopic (exact) mass is 359 g/mol. The van der Waals surface area contributed by atoms with Gasteiger partial charge in [-0.2, -0.15) is 0 Å². The van der Waals surface area contributed by atoms with Crippen LogP contribution in [0.15, 0.2) is 0 Å². The normalized spacial score (nSPS) is 18.0. The number of thioether (sulfide) groups is 1. The molecule has 1 aliphatic heterocycles. The third kappa shape index (κ3) is 6.79. The molecule has 4 nitrogen and oxygen atoms in total. The van der Waals surface area contributed by atoms with Gasteiger partial charge in [-0.1, -0.05) is 50.7 Å². The lowest BCUT2D eigenvalue weighted by Crippen LogP contribution is -2.36. The maximum atomic E-state index is 12.5. The maximum Gasteiger partial charge on any atom is 0.309 e. The van der Waals surface area contributed by atoms with Gasteiger partial charge < -0.3 is 4.74 Å². The van der Waals surface area contributed by atoms with Crippen LogP contribution in [0.1, 0.15) is 60.3 Å². The molecule has 0 aromatic rings. The number of hydrogen-bond donors (Lipinski definition) is 0. The lowest BCUT2D eigenvalue weighted by Gasteiger charge is -2.28. The summed E-state index contributed by atoms with van der Waals surface area (Å²) >= 11 is 6.75. The van der Waals surface area contributed by atoms with Crippen molar-refractivity contribution in [3.8, 4) is 0 Å². The highest BCUT2D eigenvalue weighted by Gasteiger charge is 2.33. The summed E-state index contributed by atoms with van der Waals surface area (Å²) in [5.41, 5.74) is -0.502. The highest BCUT2D eigenvalue weighted by molar-refractivity contribution is 8.23. The molecule has 1 saturated heterocycles. The van der Waals surface area contributed by atoms with Gasteiger partial charge in [0, 0.05) is 18.7 Å². The molecule has 132 valence electrons. The fourth-order valence-corrected chi connectivity index (χ4v) is 3.82. The Kier molecular flexibility index (Phi) is 8.01. The largest absolute Gasteiger partial charge is 0.460 e. The average molecular weight is 360 g/mol. The fourth-order valence-electron chi connectivity index (χ4n) is 2.58. The molecular formula is C17H29NO3S2. The first kappa shape index (κ1) is 20.4. The molecule has 1 amide bonds. The van der Waals surface area contributed by atoms with Crippen LogP contribution in [-0.2, 0) is 14.3 Å². The van der Waals surface area contributed by atoms with Crippen molar-refractivity contribution in [3.05, 3.63) is 0 Å². The number of amides is 1. The smallest absolute Gasteiger partial charge is 0.309 e. The molecule has 1 heterocycles. The highest BCUT2D eigenvalue weighted by Crippen LogP contribution is 2.27. The summed E-state index contributed by atoms with van der Waals surface area (Å²) < 4.78 is 6.21. The molecule has 6 heteroatoms. The van der Waals surface area contributed by atoms with Crippen molar-refractivity contribution in [3.63, 3.8) is 0 Å². The van der Waals surface area contributed by atoms with Gasteiger partial charge in [0.2, 0.25) is 5.91 Å². The van der Waals surface area contributed by atoms with Crippen molar-refractivity contribution < 1.29 is 14.3 Å². The minimum atomic E-state index is -0.502. The van der Waals surface area contributed by atoms with Crippen LogP contribution >= 0.6 is 24.0 Å². The Morgan fingerprint density at radius 2 is 2.04 bits per heavy atom. The minimum absolute atomic E-state index is 0.0255. The SMILES string of the molecule is CCCCC(C(=O)OC(C)(C)C)[C@H](C)CC(=O)N1CCSC1=S. The fraction of sp³-hybridized carbons (Fsp3) is 0.824. The third-order valence-corrected chi connectivity index (χ3v) is 5.25. The molecule has 0 spiro atoms. The Morgan fingerprint density at radius 1 is 1.39 bits per heavy atom. The van der Waals surface area contributed by atoms with E-state index in [0.29, 0.717) is 17.3 Å². The number of ether oxygens (including phenoxy) is 1. The van der Waals surface area contributed by atoms with Gasteiger partial charge in [-0.3, -0.25) is 14.5 Å². The summed E-state index contributed by atoms with van der Waals surface area (Å²) in [6.45, 7) is 10.4. The van der Waals surface area contributed by atoms with Crippen LogP contribution in [0.3, 0.4) is 0 Å². The first-order chi connectivity index (χ1) is 10.7. The van der Waals surface area contributed by atoms with E-state index < -0.39 is 5.60 Å². The Balaban J connectivity index is 2.70. The third-order valence-electron chi connectivity index (χ3n) is 3.82. The van der Waals surface area contributed by atoms with E-state index in [2.05, 4.69) is 6.92 Å². The number of carbonyl (C=O) groups is 2. The summed E-state index contributed by atoms with van der Waals surface area (Å²) in [5.74, 6) is 0.422. The standard InChI is InChI=1S/C17H29NO3S2/c1-6-7-8-13(15(20)21-17(3,4)5)12(2)11-14(19)18-9-10-23-16(18)22/h12-13H,6-11H2,1-5H3/t12-,13?/m1/s1. The highest BCUT2D eigenvalue weighted by atomic mass is 32.2. The first-order valence-electron chi connectivity index (χ1n) is 8.35. The number of esters is 1. The van der Waals surface area contributed by atoms with E-state index in [9.17, 15) is 9.59 Å². The van der Waals surface area contributed by atoms with E-state index in [1.54, 1.807) is 16.7 Å². The van der Waals surface area contributed by atoms with E-state index in [-0.39, 0.29) is 23.7 Å². The molecule has 1 fully saturated rings. The molecule has 0 radical (unpaired) electrons. The van der Waals surface area contributed by atoms with Gasteiger partial charge >= 0.3 is 5.97 Å². The van der Waals surface area contributed by atoms with Crippen LogP contribution in [0.2, 0.25) is 0 Å². The van der Waals surface area contributed by atoms with Crippen molar-refractivity contribution in [2.45, 2.75) is 65.9 Å². The van der Waals surface area contributed by atoms with E-state index in [0.717, 1.165) is 25.0 Å². The van der Waals surface area contributed by atoms with Crippen LogP contribution in [0, 0.1) is 11.8 Å². The zero-order chi connectivity index (χ0) is 17.6. The molecule has 0 aromatic carbocycles. The van der Waals surface area contributed by atoms with Crippen molar-refractivity contribution in [2.75, 3.05) is 12.3 Å². The number of carbonyl (C=O) groups excluding carboxylic acids is 2. The predicted octanol–water partition coefficient (Wildman–Crippen LogP) is 4.02. The summed E-state index contributed by atoms with van der Waals surface area (Å²) in [6.07, 6.45) is 3.08. The second-order valence-corrected chi connectivity index (χ2v) is 8.85. The van der Waals surface area contributed by atoms with Gasteiger partial charge in [-0.15, -0.1) is 0 Å². The van der Waals surface area contributed by atoms with Crippen LogP contribution in [-0.4, -0.2) is 39.0 Å². The first-order valence-corrected chi connectivity index (χ1v) is 9.75. The Morgan fingerprint density at radius 3 is 2.52 bits per heavy atom. The number of rotatable bonds is 7. The molecular weight excluding hydrogens is 330 g/mol. The van der Waals surface area contributed by atoms with Gasteiger partial charge in [0.15, 0.2) is 0 Å². The topological polar surface area (TPSA) is 46.6 Å². The molecule has 0 aliphatic carbocycles. The predicted molar refractivity (Wildman–Crippen MR) is 99.4 cm³/mol. The van der Waals surface area contributed by atoms with E-state index in [1.807, 2.05) is 27.7 Å². The summed E-state index contributed by atoms with van der Waals surface area (Å²) in [6, 6.07) is 0. The Labute approximate surface area is 149 Å². The molecule has 0 saturated carbocycles. The second-order valence-electron chi connectivity index (χ2n) is 7.12. The van der Waals surface area contributed by atoms with Crippen molar-refractivity contribution in [1.29, 1.82) is 0 Å². The van der Waals surface area contributed by atoms with Gasteiger partial charge in [0.05, 0.1) is 5.92 Å².